The molecule has 0 aliphatic rings. The van der Waals surface area contributed by atoms with Crippen LogP contribution in [0.2, 0.25) is 5.02 Å². The van der Waals surface area contributed by atoms with Gasteiger partial charge in [0, 0.05) is 10.6 Å². The molecule has 2 aromatic carbocycles. The monoisotopic (exact) mass is 345 g/mol. The van der Waals surface area contributed by atoms with E-state index in [4.69, 9.17) is 21.1 Å². The highest BCUT2D eigenvalue weighted by atomic mass is 35.5. The molecule has 124 valence electrons. The number of benzene rings is 2. The molecule has 5 nitrogen and oxygen atoms in total. The molecule has 0 radical (unpaired) electrons. The molecule has 24 heavy (non-hydrogen) atoms. The molecule has 0 fully saturated rings. The van der Waals surface area contributed by atoms with E-state index in [1.807, 2.05) is 0 Å². The lowest BCUT2D eigenvalue weighted by atomic mass is 10.1. The first-order chi connectivity index (χ1) is 11.5. The van der Waals surface area contributed by atoms with E-state index in [2.05, 4.69) is 5.32 Å². The standard InChI is InChI=1S/C18H16ClNO4/c1-23-15-9-5-13(6-10-15)17(21)20-16(18(22)24-2)11-12-3-7-14(19)8-4-12/h3-11H,1-2H3,(H,20,21)/b16-11-. The number of hydrogen-bond donors (Lipinski definition) is 1. The number of halogens is 1. The molecular weight excluding hydrogens is 330 g/mol. The summed E-state index contributed by atoms with van der Waals surface area (Å²) >= 11 is 5.83. The maximum atomic E-state index is 12.3. The highest BCUT2D eigenvalue weighted by Crippen LogP contribution is 2.14. The average molecular weight is 346 g/mol. The van der Waals surface area contributed by atoms with Gasteiger partial charge in [-0.3, -0.25) is 4.79 Å². The fraction of sp³-hybridized carbons (Fsp3) is 0.111. The van der Waals surface area contributed by atoms with E-state index in [-0.39, 0.29) is 5.70 Å². The van der Waals surface area contributed by atoms with Gasteiger partial charge in [-0.2, -0.15) is 0 Å². The summed E-state index contributed by atoms with van der Waals surface area (Å²) in [5, 5.41) is 3.14. The lowest BCUT2D eigenvalue weighted by Gasteiger charge is -2.09. The van der Waals surface area contributed by atoms with Crippen molar-refractivity contribution >= 4 is 29.6 Å². The molecule has 0 bridgehead atoms. The number of carbonyl (C=O) groups is 2. The Morgan fingerprint density at radius 3 is 2.17 bits per heavy atom. The minimum absolute atomic E-state index is 0.0284. The van der Waals surface area contributed by atoms with Crippen LogP contribution in [0.25, 0.3) is 6.08 Å². The van der Waals surface area contributed by atoms with Crippen molar-refractivity contribution in [1.29, 1.82) is 0 Å². The van der Waals surface area contributed by atoms with Gasteiger partial charge in [-0.15, -0.1) is 0 Å². The Labute approximate surface area is 144 Å². The van der Waals surface area contributed by atoms with Crippen LogP contribution in [0.5, 0.6) is 5.75 Å². The summed E-state index contributed by atoms with van der Waals surface area (Å²) in [6, 6.07) is 13.4. The van der Waals surface area contributed by atoms with E-state index >= 15 is 0 Å². The second kappa shape index (κ2) is 8.17. The molecule has 2 rings (SSSR count). The first-order valence-corrected chi connectivity index (χ1v) is 7.42. The third-order valence-electron chi connectivity index (χ3n) is 3.19. The molecule has 6 heteroatoms. The number of nitrogens with one attached hydrogen (secondary N) is 1. The van der Waals surface area contributed by atoms with Crippen LogP contribution in [0.4, 0.5) is 0 Å². The predicted octanol–water partition coefficient (Wildman–Crippen LogP) is 3.29. The van der Waals surface area contributed by atoms with Crippen LogP contribution in [-0.4, -0.2) is 26.1 Å². The number of ether oxygens (including phenoxy) is 2. The zero-order valence-corrected chi connectivity index (χ0v) is 14.0. The summed E-state index contributed by atoms with van der Waals surface area (Å²) in [4.78, 5) is 24.2. The normalized spacial score (nSPS) is 10.9. The summed E-state index contributed by atoms with van der Waals surface area (Å²) in [6.07, 6.45) is 1.52. The van der Waals surface area contributed by atoms with Crippen LogP contribution in [-0.2, 0) is 9.53 Å². The quantitative estimate of drug-likeness (QED) is 0.667. The van der Waals surface area contributed by atoms with Crippen molar-refractivity contribution in [2.45, 2.75) is 0 Å². The third kappa shape index (κ3) is 4.60. The van der Waals surface area contributed by atoms with Crippen LogP contribution < -0.4 is 10.1 Å². The van der Waals surface area contributed by atoms with Gasteiger partial charge in [0.15, 0.2) is 0 Å². The predicted molar refractivity (Wildman–Crippen MR) is 91.9 cm³/mol. The van der Waals surface area contributed by atoms with Gasteiger partial charge >= 0.3 is 5.97 Å². The van der Waals surface area contributed by atoms with Gasteiger partial charge in [0.25, 0.3) is 5.91 Å². The topological polar surface area (TPSA) is 64.6 Å². The molecule has 0 unspecified atom stereocenters. The minimum atomic E-state index is -0.646. The Balaban J connectivity index is 2.23. The lowest BCUT2D eigenvalue weighted by molar-refractivity contribution is -0.136. The van der Waals surface area contributed by atoms with Gasteiger partial charge in [0.1, 0.15) is 11.4 Å². The van der Waals surface area contributed by atoms with Gasteiger partial charge < -0.3 is 14.8 Å². The SMILES string of the molecule is COC(=O)/C(=C/c1ccc(Cl)cc1)NC(=O)c1ccc(OC)cc1. The van der Waals surface area contributed by atoms with E-state index in [1.54, 1.807) is 55.6 Å². The lowest BCUT2D eigenvalue weighted by Crippen LogP contribution is -2.28. The van der Waals surface area contributed by atoms with E-state index in [0.717, 1.165) is 0 Å². The van der Waals surface area contributed by atoms with Crippen molar-refractivity contribution < 1.29 is 19.1 Å². The highest BCUT2D eigenvalue weighted by molar-refractivity contribution is 6.30. The molecule has 0 heterocycles. The second-order valence-electron chi connectivity index (χ2n) is 4.78. The molecule has 1 N–H and O–H groups in total. The van der Waals surface area contributed by atoms with Gasteiger partial charge in [-0.25, -0.2) is 4.79 Å². The van der Waals surface area contributed by atoms with E-state index < -0.39 is 11.9 Å². The van der Waals surface area contributed by atoms with E-state index in [0.29, 0.717) is 21.9 Å². The van der Waals surface area contributed by atoms with Crippen molar-refractivity contribution in [1.82, 2.24) is 5.32 Å². The zero-order valence-electron chi connectivity index (χ0n) is 13.2. The van der Waals surface area contributed by atoms with Crippen molar-refractivity contribution in [2.24, 2.45) is 0 Å². The molecule has 0 saturated heterocycles. The summed E-state index contributed by atoms with van der Waals surface area (Å²) in [5.74, 6) is -0.438. The summed E-state index contributed by atoms with van der Waals surface area (Å²) in [5.41, 5.74) is 1.12. The van der Waals surface area contributed by atoms with Crippen molar-refractivity contribution in [3.05, 3.63) is 70.4 Å². The summed E-state index contributed by atoms with van der Waals surface area (Å²) in [6.45, 7) is 0. The number of methoxy groups -OCH3 is 2. The maximum absolute atomic E-state index is 12.3. The van der Waals surface area contributed by atoms with E-state index in [1.165, 1.54) is 13.2 Å². The van der Waals surface area contributed by atoms with E-state index in [9.17, 15) is 9.59 Å². The maximum Gasteiger partial charge on any atom is 0.354 e. The summed E-state index contributed by atoms with van der Waals surface area (Å²) < 4.78 is 9.76. The minimum Gasteiger partial charge on any atom is -0.497 e. The third-order valence-corrected chi connectivity index (χ3v) is 3.44. The first-order valence-electron chi connectivity index (χ1n) is 7.04. The summed E-state index contributed by atoms with van der Waals surface area (Å²) in [7, 11) is 2.79. The molecule has 0 spiro atoms. The molecule has 0 saturated carbocycles. The highest BCUT2D eigenvalue weighted by Gasteiger charge is 2.15. The van der Waals surface area contributed by atoms with Crippen molar-refractivity contribution in [2.75, 3.05) is 14.2 Å². The van der Waals surface area contributed by atoms with Crippen LogP contribution in [0.1, 0.15) is 15.9 Å². The van der Waals surface area contributed by atoms with Gasteiger partial charge in [0.05, 0.1) is 14.2 Å². The number of esters is 1. The Bertz CT molecular complexity index is 752. The molecular formula is C18H16ClNO4. The number of amides is 1. The molecule has 1 amide bonds. The number of carbonyl (C=O) groups excluding carboxylic acids is 2. The Hall–Kier alpha value is -2.79. The first kappa shape index (κ1) is 17.6. The average Bonchev–Trinajstić information content (AvgIpc) is 2.62. The smallest absolute Gasteiger partial charge is 0.354 e. The zero-order chi connectivity index (χ0) is 17.5. The Morgan fingerprint density at radius 2 is 1.62 bits per heavy atom. The number of rotatable bonds is 5. The molecule has 0 aliphatic heterocycles. The molecule has 0 aromatic heterocycles. The van der Waals surface area contributed by atoms with Crippen LogP contribution in [0.15, 0.2) is 54.2 Å². The number of hydrogen-bond acceptors (Lipinski definition) is 4. The van der Waals surface area contributed by atoms with Crippen LogP contribution >= 0.6 is 11.6 Å². The second-order valence-corrected chi connectivity index (χ2v) is 5.22. The molecule has 0 aliphatic carbocycles. The van der Waals surface area contributed by atoms with Crippen molar-refractivity contribution in [3.63, 3.8) is 0 Å². The molecule has 0 atom stereocenters. The largest absolute Gasteiger partial charge is 0.497 e. The Morgan fingerprint density at radius 1 is 1.00 bits per heavy atom. The molecule has 2 aromatic rings. The fourth-order valence-electron chi connectivity index (χ4n) is 1.92. The van der Waals surface area contributed by atoms with Crippen LogP contribution in [0, 0.1) is 0 Å². The van der Waals surface area contributed by atoms with Crippen molar-refractivity contribution in [3.8, 4) is 5.75 Å². The van der Waals surface area contributed by atoms with Gasteiger partial charge in [0.2, 0.25) is 0 Å². The van der Waals surface area contributed by atoms with Crippen LogP contribution in [0.3, 0.4) is 0 Å². The Kier molecular flexibility index (Phi) is 5.98. The van der Waals surface area contributed by atoms with Gasteiger partial charge in [-0.05, 0) is 48.0 Å². The van der Waals surface area contributed by atoms with Gasteiger partial charge in [-0.1, -0.05) is 23.7 Å². The fourth-order valence-corrected chi connectivity index (χ4v) is 2.04.